The summed E-state index contributed by atoms with van der Waals surface area (Å²) in [5.41, 5.74) is 5.38. The second-order valence-electron chi connectivity index (χ2n) is 33.1. The Balaban J connectivity index is 0. The van der Waals surface area contributed by atoms with Crippen molar-refractivity contribution in [3.63, 3.8) is 0 Å². The number of hydroxylamine groups is 2. The zero-order valence-electron chi connectivity index (χ0n) is 75.4. The number of carbonyl (C=O) groups excluding carboxylic acids is 4. The number of thiol groups is 1. The maximum Gasteiger partial charge on any atom is 0.534 e. The molecular formula is C95H189N3O12S. The molecular weight excluding hydrogens is 1410 g/mol. The first kappa shape index (κ1) is 109. The molecule has 0 bridgehead atoms. The normalized spacial score (nSPS) is 14.8. The lowest BCUT2D eigenvalue weighted by molar-refractivity contribution is -0.178. The van der Waals surface area contributed by atoms with Crippen LogP contribution in [0, 0.1) is 0 Å². The van der Waals surface area contributed by atoms with E-state index in [2.05, 4.69) is 27.7 Å². The molecule has 0 aliphatic carbocycles. The highest BCUT2D eigenvalue weighted by atomic mass is 32.1. The number of ether oxygens (including phenoxy) is 5. The molecule has 2 rings (SSSR count). The first-order valence-corrected chi connectivity index (χ1v) is 49.2. The molecule has 4 atom stereocenters. The van der Waals surface area contributed by atoms with Crippen LogP contribution in [0.1, 0.15) is 490 Å². The van der Waals surface area contributed by atoms with Crippen molar-refractivity contribution in [3.8, 4) is 0 Å². The van der Waals surface area contributed by atoms with Gasteiger partial charge in [-0.3, -0.25) is 19.2 Å². The van der Waals surface area contributed by atoms with Gasteiger partial charge in [0, 0.05) is 58.3 Å². The molecule has 0 aromatic rings. The first-order chi connectivity index (χ1) is 55.0. The second-order valence-corrected chi connectivity index (χ2v) is 33.1. The van der Waals surface area contributed by atoms with E-state index in [1.165, 1.54) is 372 Å². The Morgan fingerprint density at radius 3 is 0.946 bits per heavy atom. The Bertz CT molecular complexity index is 1880. The number of hydrogen-bond acceptors (Lipinski definition) is 14. The largest absolute Gasteiger partial charge is 0.534 e. The quantitative estimate of drug-likeness (QED) is 0.0194. The van der Waals surface area contributed by atoms with Crippen LogP contribution in [0.5, 0.6) is 0 Å². The van der Waals surface area contributed by atoms with Gasteiger partial charge in [0.15, 0.2) is 0 Å². The molecule has 3 amide bonds. The molecule has 0 saturated carbocycles. The zero-order valence-corrected chi connectivity index (χ0v) is 75.3. The topological polar surface area (TPSA) is 197 Å². The summed E-state index contributed by atoms with van der Waals surface area (Å²) < 4.78 is 35.0. The Morgan fingerprint density at radius 2 is 0.676 bits per heavy atom. The van der Waals surface area contributed by atoms with Crippen LogP contribution in [-0.2, 0) is 42.9 Å². The number of nitrogens with zero attached hydrogens (tertiary/aromatic N) is 2. The molecule has 2 unspecified atom stereocenters. The van der Waals surface area contributed by atoms with E-state index < -0.39 is 24.1 Å². The van der Waals surface area contributed by atoms with E-state index in [0.29, 0.717) is 57.4 Å². The number of likely N-dealkylation sites (tertiary alicyclic amines) is 1. The van der Waals surface area contributed by atoms with Gasteiger partial charge in [-0.15, -0.1) is 0 Å². The van der Waals surface area contributed by atoms with Crippen LogP contribution in [0.15, 0.2) is 0 Å². The number of β-amino-alcohol motifs (C(OH)–C–C–N with tert-alkyl or cyclic N) is 1. The fraction of sp³-hybridized carbons (Fsp3) is 0.958. The van der Waals surface area contributed by atoms with Gasteiger partial charge in [0.25, 0.3) is 11.8 Å². The number of amides is 3. The van der Waals surface area contributed by atoms with Gasteiger partial charge in [-0.2, -0.15) is 12.5 Å². The van der Waals surface area contributed by atoms with Gasteiger partial charge in [-0.05, 0) is 64.7 Å². The molecule has 4 N–H and O–H groups in total. The van der Waals surface area contributed by atoms with E-state index >= 15 is 0 Å². The minimum absolute atomic E-state index is 0.0460. The van der Waals surface area contributed by atoms with Crippen LogP contribution >= 0.6 is 12.5 Å². The maximum absolute atomic E-state index is 12.2. The summed E-state index contributed by atoms with van der Waals surface area (Å²) >= 11 is 1.000. The SMILES string of the molecule is CCCCCCCCCCCCCCCCCCOCC(CO)OCCCCCCCCCCCCCCCCCC.CCCCCCCCCCCCCCCCCCOCC(COC(=O)ON1C(=O)CCC1=O)OCCCCCCCCCCCCCCCCCC.C[C@@H]1C[C@@H](O)CN1C(=O)CCCCCN.[2H]SC. The first-order valence-electron chi connectivity index (χ1n) is 48.8. The molecule has 2 aliphatic heterocycles. The average molecular weight is 1600 g/mol. The van der Waals surface area contributed by atoms with E-state index in [1.807, 2.05) is 6.92 Å². The molecule has 2 fully saturated rings. The van der Waals surface area contributed by atoms with E-state index in [-0.39, 0.29) is 50.2 Å². The summed E-state index contributed by atoms with van der Waals surface area (Å²) in [5.74, 6) is -0.878. The lowest BCUT2D eigenvalue weighted by Crippen LogP contribution is -2.34. The molecule has 2 heterocycles. The number of imide groups is 1. The van der Waals surface area contributed by atoms with Crippen LogP contribution in [0.2, 0.25) is 0 Å². The van der Waals surface area contributed by atoms with Gasteiger partial charge in [0.05, 0.1) is 25.9 Å². The predicted octanol–water partition coefficient (Wildman–Crippen LogP) is 27.1. The molecule has 0 aromatic carbocycles. The fourth-order valence-corrected chi connectivity index (χ4v) is 15.0. The third-order valence-electron chi connectivity index (χ3n) is 22.3. The lowest BCUT2D eigenvalue weighted by Gasteiger charge is -2.20. The molecule has 16 heteroatoms. The van der Waals surface area contributed by atoms with Gasteiger partial charge >= 0.3 is 6.16 Å². The van der Waals surface area contributed by atoms with Gasteiger partial charge in [-0.1, -0.05) is 424 Å². The minimum atomic E-state index is -1.07. The van der Waals surface area contributed by atoms with Gasteiger partial charge in [-0.25, -0.2) is 4.79 Å². The Hall–Kier alpha value is -2.05. The number of rotatable bonds is 83. The van der Waals surface area contributed by atoms with Crippen molar-refractivity contribution >= 4 is 36.4 Å². The molecule has 15 nitrogen and oxygen atoms in total. The minimum Gasteiger partial charge on any atom is -0.430 e. The second kappa shape index (κ2) is 93.4. The number of carbonyl (C=O) groups is 4. The number of aliphatic hydroxyl groups excluding tert-OH is 2. The van der Waals surface area contributed by atoms with Gasteiger partial charge in [0.1, 0.15) is 19.9 Å². The van der Waals surface area contributed by atoms with Crippen LogP contribution in [0.25, 0.3) is 0 Å². The van der Waals surface area contributed by atoms with Crippen LogP contribution in [0.3, 0.4) is 0 Å². The van der Waals surface area contributed by atoms with Crippen LogP contribution in [0.4, 0.5) is 4.79 Å². The number of unbranched alkanes of at least 4 members (excludes halogenated alkanes) is 62. The number of aliphatic hydroxyl groups is 2. The number of nitrogens with two attached hydrogens (primary N) is 1. The van der Waals surface area contributed by atoms with Gasteiger partial charge < -0.3 is 44.5 Å². The monoisotopic (exact) mass is 1600 g/mol. The Kier molecular flexibility index (Phi) is 91.7. The molecule has 0 aromatic heterocycles. The molecule has 0 spiro atoms. The highest BCUT2D eigenvalue weighted by Crippen LogP contribution is 2.22. The van der Waals surface area contributed by atoms with E-state index in [1.54, 1.807) is 11.2 Å². The predicted molar refractivity (Wildman–Crippen MR) is 474 cm³/mol. The summed E-state index contributed by atoms with van der Waals surface area (Å²) in [6.07, 6.45) is 91.0. The highest BCUT2D eigenvalue weighted by molar-refractivity contribution is 7.79. The van der Waals surface area contributed by atoms with E-state index in [9.17, 15) is 29.4 Å². The Morgan fingerprint density at radius 1 is 0.414 bits per heavy atom. The maximum atomic E-state index is 12.2. The lowest BCUT2D eigenvalue weighted by atomic mass is 10.0. The third kappa shape index (κ3) is 81.5. The molecule has 0 radical (unpaired) electrons. The summed E-state index contributed by atoms with van der Waals surface area (Å²) in [6, 6.07) is 0.196. The van der Waals surface area contributed by atoms with Crippen molar-refractivity contribution in [2.45, 2.75) is 515 Å². The van der Waals surface area contributed by atoms with Crippen molar-refractivity contribution in [2.24, 2.45) is 5.73 Å². The standard InChI is InChI=1S/C44H83NO7.C39H80O3.C11H22N2O2.CH4S/c1-3-5-7-9-11-13-15-17-19-21-23-25-27-29-31-33-37-49-39-41(40-51-44(48)52-45-42(46)35-36-43(45)47)50-38-34-32-30-28-26-24-22-20-18-16-14-12-10-8-6-4-2;1-3-5-7-9-11-13-15-17-19-21-23-25-27-29-31-33-35-41-38-39(37-40)42-36-34-32-30-28-26-24-22-20-18-16-14-12-10-8-6-4-2;1-9-7-10(14)8-13(9)11(15)5-3-2-4-6-12;1-2/h41H,3-40H2,1-2H3;39-40H,3-38H2,1-2H3;9-10,14H,2-8,12H2,1H3;2H,1H3/t;;9-,10-;/m..1./s1/i/hD. The zero-order chi connectivity index (χ0) is 82.0. The van der Waals surface area contributed by atoms with Crippen LogP contribution in [-0.4, -0.2) is 142 Å². The highest BCUT2D eigenvalue weighted by Gasteiger charge is 2.34. The smallest absolute Gasteiger partial charge is 0.430 e. The summed E-state index contributed by atoms with van der Waals surface area (Å²) in [5, 5.41) is 19.5. The number of hydrogen-bond donors (Lipinski definition) is 4. The molecule has 662 valence electrons. The van der Waals surface area contributed by atoms with E-state index in [4.69, 9.17) is 35.4 Å². The van der Waals surface area contributed by atoms with Crippen LogP contribution < -0.4 is 5.73 Å². The summed E-state index contributed by atoms with van der Waals surface area (Å²) in [7, 11) is 0. The summed E-state index contributed by atoms with van der Waals surface area (Å²) in [4.78, 5) is 54.1. The van der Waals surface area contributed by atoms with Crippen molar-refractivity contribution < 1.29 is 57.9 Å². The van der Waals surface area contributed by atoms with Crippen molar-refractivity contribution in [1.82, 2.24) is 9.96 Å². The molecule has 111 heavy (non-hydrogen) atoms. The Labute approximate surface area is 694 Å². The summed E-state index contributed by atoms with van der Waals surface area (Å²) in [6.45, 7) is 16.0. The van der Waals surface area contributed by atoms with Crippen molar-refractivity contribution in [3.05, 3.63) is 0 Å². The average Bonchev–Trinajstić information content (AvgIpc) is 1.74. The van der Waals surface area contributed by atoms with Gasteiger partial charge in [0.2, 0.25) is 5.91 Å². The fourth-order valence-electron chi connectivity index (χ4n) is 15.0. The third-order valence-corrected chi connectivity index (χ3v) is 22.3. The van der Waals surface area contributed by atoms with Crippen molar-refractivity contribution in [2.75, 3.05) is 72.2 Å². The van der Waals surface area contributed by atoms with Crippen molar-refractivity contribution in [1.29, 1.82) is 1.12 Å². The molecule has 2 aliphatic rings. The molecule has 2 saturated heterocycles. The van der Waals surface area contributed by atoms with E-state index in [0.717, 1.165) is 83.5 Å².